The van der Waals surface area contributed by atoms with Crippen LogP contribution in [-0.2, 0) is 4.74 Å². The first-order valence-electron chi connectivity index (χ1n) is 3.25. The Labute approximate surface area is 68.1 Å². The lowest BCUT2D eigenvalue weighted by atomic mass is 10.1. The molecule has 4 heteroatoms. The van der Waals surface area contributed by atoms with E-state index in [2.05, 4.69) is 15.9 Å². The van der Waals surface area contributed by atoms with Gasteiger partial charge in [-0.2, -0.15) is 0 Å². The second-order valence-corrected chi connectivity index (χ2v) is 3.55. The summed E-state index contributed by atoms with van der Waals surface area (Å²) in [7, 11) is 0. The van der Waals surface area contributed by atoms with Gasteiger partial charge in [0.05, 0.1) is 29.7 Å². The lowest BCUT2D eigenvalue weighted by Crippen LogP contribution is -2.27. The van der Waals surface area contributed by atoms with E-state index in [1.165, 1.54) is 0 Å². The minimum Gasteiger partial charge on any atom is -0.394 e. The molecule has 0 saturated carbocycles. The number of alkyl halides is 1. The summed E-state index contributed by atoms with van der Waals surface area (Å²) in [5.41, 5.74) is 0. The normalized spacial score (nSPS) is 48.0. The van der Waals surface area contributed by atoms with Gasteiger partial charge in [0.1, 0.15) is 0 Å². The van der Waals surface area contributed by atoms with Crippen molar-refractivity contribution in [3.8, 4) is 0 Å². The number of ether oxygens (including phenoxy) is 1. The Morgan fingerprint density at radius 2 is 2.20 bits per heavy atom. The highest BCUT2D eigenvalue weighted by Gasteiger charge is 2.38. The second kappa shape index (κ2) is 3.17. The maximum atomic E-state index is 9.28. The van der Waals surface area contributed by atoms with Crippen molar-refractivity contribution in [3.63, 3.8) is 0 Å². The Hall–Kier alpha value is 0.360. The number of halogens is 1. The van der Waals surface area contributed by atoms with Crippen LogP contribution in [0.15, 0.2) is 0 Å². The zero-order valence-electron chi connectivity index (χ0n) is 5.70. The molecular formula is C6H11BrO3. The van der Waals surface area contributed by atoms with Gasteiger partial charge < -0.3 is 14.9 Å². The van der Waals surface area contributed by atoms with Crippen molar-refractivity contribution < 1.29 is 14.9 Å². The largest absolute Gasteiger partial charge is 0.394 e. The first kappa shape index (κ1) is 8.46. The second-order valence-electron chi connectivity index (χ2n) is 2.50. The van der Waals surface area contributed by atoms with Crippen LogP contribution < -0.4 is 0 Å². The fraction of sp³-hybridized carbons (Fsp3) is 1.00. The van der Waals surface area contributed by atoms with Gasteiger partial charge >= 0.3 is 0 Å². The fourth-order valence-corrected chi connectivity index (χ4v) is 1.78. The van der Waals surface area contributed by atoms with E-state index >= 15 is 0 Å². The minimum absolute atomic E-state index is 0.0443. The molecule has 0 aliphatic carbocycles. The average molecular weight is 211 g/mol. The first-order chi connectivity index (χ1) is 4.66. The lowest BCUT2D eigenvalue weighted by molar-refractivity contribution is 0.000899. The van der Waals surface area contributed by atoms with E-state index in [4.69, 9.17) is 9.84 Å². The maximum absolute atomic E-state index is 9.28. The van der Waals surface area contributed by atoms with Crippen molar-refractivity contribution in [1.29, 1.82) is 0 Å². The molecule has 0 amide bonds. The predicted octanol–water partition coefficient (Wildman–Crippen LogP) is -0.110. The van der Waals surface area contributed by atoms with E-state index < -0.39 is 6.10 Å². The molecule has 0 aromatic heterocycles. The molecule has 4 atom stereocenters. The summed E-state index contributed by atoms with van der Waals surface area (Å²) >= 11 is 3.24. The average Bonchev–Trinajstić information content (AvgIpc) is 2.17. The van der Waals surface area contributed by atoms with Crippen LogP contribution in [0.5, 0.6) is 0 Å². The Balaban J connectivity index is 2.53. The molecule has 1 rings (SSSR count). The molecule has 0 radical (unpaired) electrons. The van der Waals surface area contributed by atoms with Crippen molar-refractivity contribution in [2.45, 2.75) is 30.1 Å². The van der Waals surface area contributed by atoms with Crippen LogP contribution in [0.1, 0.15) is 6.92 Å². The molecule has 1 unspecified atom stereocenters. The molecule has 60 valence electrons. The van der Waals surface area contributed by atoms with Crippen LogP contribution in [0.3, 0.4) is 0 Å². The number of aliphatic hydroxyl groups excluding tert-OH is 2. The quantitative estimate of drug-likeness (QED) is 0.595. The van der Waals surface area contributed by atoms with Gasteiger partial charge in [-0.15, -0.1) is 0 Å². The molecule has 10 heavy (non-hydrogen) atoms. The smallest absolute Gasteiger partial charge is 0.0961 e. The van der Waals surface area contributed by atoms with E-state index in [1.807, 2.05) is 0 Å². The summed E-state index contributed by atoms with van der Waals surface area (Å²) in [6.07, 6.45) is -0.941. The van der Waals surface area contributed by atoms with Crippen molar-refractivity contribution in [2.24, 2.45) is 0 Å². The summed E-state index contributed by atoms with van der Waals surface area (Å²) in [6.45, 7) is 1.74. The number of hydrogen-bond donors (Lipinski definition) is 2. The Morgan fingerprint density at radius 1 is 1.60 bits per heavy atom. The summed E-state index contributed by atoms with van der Waals surface area (Å²) < 4.78 is 5.19. The third-order valence-corrected chi connectivity index (χ3v) is 2.86. The standard InChI is InChI=1S/C6H11BrO3/c1-3-6(9)5(7)4(2-8)10-3/h3-6,8-9H,2H2,1H3/t3-,4?,5+,6-/m0/s1. The summed E-state index contributed by atoms with van der Waals surface area (Å²) in [6, 6.07) is 0. The maximum Gasteiger partial charge on any atom is 0.0961 e. The van der Waals surface area contributed by atoms with Gasteiger partial charge in [-0.1, -0.05) is 15.9 Å². The Kier molecular flexibility index (Phi) is 2.68. The zero-order valence-corrected chi connectivity index (χ0v) is 7.28. The molecule has 1 aliphatic heterocycles. The molecule has 0 aromatic carbocycles. The van der Waals surface area contributed by atoms with Crippen LogP contribution in [0, 0.1) is 0 Å². The molecule has 3 nitrogen and oxygen atoms in total. The highest BCUT2D eigenvalue weighted by atomic mass is 79.9. The van der Waals surface area contributed by atoms with Gasteiger partial charge in [-0.05, 0) is 6.92 Å². The molecular weight excluding hydrogens is 200 g/mol. The van der Waals surface area contributed by atoms with Crippen LogP contribution in [0.2, 0.25) is 0 Å². The third kappa shape index (κ3) is 1.34. The topological polar surface area (TPSA) is 49.7 Å². The Bertz CT molecular complexity index is 120. The molecule has 1 aliphatic rings. The van der Waals surface area contributed by atoms with Crippen molar-refractivity contribution in [1.82, 2.24) is 0 Å². The number of rotatable bonds is 1. The fourth-order valence-electron chi connectivity index (χ4n) is 1.05. The third-order valence-electron chi connectivity index (χ3n) is 1.73. The van der Waals surface area contributed by atoms with Crippen LogP contribution in [0.25, 0.3) is 0 Å². The van der Waals surface area contributed by atoms with Crippen LogP contribution in [0.4, 0.5) is 0 Å². The van der Waals surface area contributed by atoms with Gasteiger partial charge in [-0.25, -0.2) is 0 Å². The predicted molar refractivity (Wildman–Crippen MR) is 40.1 cm³/mol. The molecule has 0 spiro atoms. The Morgan fingerprint density at radius 3 is 2.40 bits per heavy atom. The van der Waals surface area contributed by atoms with E-state index in [1.54, 1.807) is 6.92 Å². The number of hydrogen-bond acceptors (Lipinski definition) is 3. The van der Waals surface area contributed by atoms with Gasteiger partial charge in [0.2, 0.25) is 0 Å². The molecule has 1 saturated heterocycles. The highest BCUT2D eigenvalue weighted by molar-refractivity contribution is 9.09. The monoisotopic (exact) mass is 210 g/mol. The molecule has 2 N–H and O–H groups in total. The molecule has 1 fully saturated rings. The van der Waals surface area contributed by atoms with Crippen molar-refractivity contribution in [3.05, 3.63) is 0 Å². The summed E-state index contributed by atoms with van der Waals surface area (Å²) in [5.74, 6) is 0. The summed E-state index contributed by atoms with van der Waals surface area (Å²) in [4.78, 5) is -0.132. The summed E-state index contributed by atoms with van der Waals surface area (Å²) in [5, 5.41) is 18.0. The zero-order chi connectivity index (χ0) is 7.72. The van der Waals surface area contributed by atoms with Crippen molar-refractivity contribution in [2.75, 3.05) is 6.61 Å². The van der Waals surface area contributed by atoms with Crippen LogP contribution in [-0.4, -0.2) is 40.0 Å². The van der Waals surface area contributed by atoms with Crippen molar-refractivity contribution >= 4 is 15.9 Å². The molecule has 0 bridgehead atoms. The van der Waals surface area contributed by atoms with E-state index in [0.717, 1.165) is 0 Å². The van der Waals surface area contributed by atoms with Gasteiger partial charge in [0, 0.05) is 0 Å². The first-order valence-corrected chi connectivity index (χ1v) is 4.17. The molecule has 1 heterocycles. The van der Waals surface area contributed by atoms with Gasteiger partial charge in [-0.3, -0.25) is 0 Å². The lowest BCUT2D eigenvalue weighted by Gasteiger charge is -2.09. The number of aliphatic hydroxyl groups is 2. The molecule has 0 aromatic rings. The van der Waals surface area contributed by atoms with E-state index in [9.17, 15) is 5.11 Å². The van der Waals surface area contributed by atoms with E-state index in [0.29, 0.717) is 0 Å². The van der Waals surface area contributed by atoms with Gasteiger partial charge in [0.25, 0.3) is 0 Å². The minimum atomic E-state index is -0.503. The highest BCUT2D eigenvalue weighted by Crippen LogP contribution is 2.26. The van der Waals surface area contributed by atoms with Crippen LogP contribution >= 0.6 is 15.9 Å². The van der Waals surface area contributed by atoms with E-state index in [-0.39, 0.29) is 23.6 Å². The van der Waals surface area contributed by atoms with Gasteiger partial charge in [0.15, 0.2) is 0 Å². The SMILES string of the molecule is C[C@@H]1OC(CO)[C@@H](Br)[C@H]1O.